The first-order valence-corrected chi connectivity index (χ1v) is 8.27. The fourth-order valence-electron chi connectivity index (χ4n) is 1.97. The van der Waals surface area contributed by atoms with Crippen LogP contribution in [0, 0.1) is 0 Å². The van der Waals surface area contributed by atoms with Gasteiger partial charge in [-0.2, -0.15) is 0 Å². The maximum Gasteiger partial charge on any atom is 0.240 e. The van der Waals surface area contributed by atoms with Gasteiger partial charge in [0.2, 0.25) is 10.0 Å². The molecule has 0 radical (unpaired) electrons. The summed E-state index contributed by atoms with van der Waals surface area (Å²) in [5.74, 6) is 0. The highest BCUT2D eigenvalue weighted by Crippen LogP contribution is 2.13. The molecule has 0 aliphatic heterocycles. The van der Waals surface area contributed by atoms with Gasteiger partial charge in [0.15, 0.2) is 0 Å². The van der Waals surface area contributed by atoms with E-state index in [-0.39, 0.29) is 6.04 Å². The Morgan fingerprint density at radius 1 is 1.16 bits per heavy atom. The zero-order valence-corrected chi connectivity index (χ0v) is 12.8. The summed E-state index contributed by atoms with van der Waals surface area (Å²) in [5, 5.41) is 3.04. The van der Waals surface area contributed by atoms with Gasteiger partial charge in [-0.3, -0.25) is 0 Å². The van der Waals surface area contributed by atoms with Crippen molar-refractivity contribution in [1.82, 2.24) is 10.0 Å². The maximum atomic E-state index is 12.2. The fourth-order valence-corrected chi connectivity index (χ4v) is 3.33. The van der Waals surface area contributed by atoms with E-state index in [1.165, 1.54) is 0 Å². The first-order valence-electron chi connectivity index (χ1n) is 6.79. The van der Waals surface area contributed by atoms with Gasteiger partial charge in [0.05, 0.1) is 4.90 Å². The standard InChI is InChI=1S/C14H24N2O2S/c1-4-6-13(5-2)16-19(17,18)14-9-7-12(8-10-14)11-15-3/h7-10,13,15-16H,4-6,11H2,1-3H3. The van der Waals surface area contributed by atoms with Crippen molar-refractivity contribution in [2.45, 2.75) is 50.6 Å². The topological polar surface area (TPSA) is 58.2 Å². The largest absolute Gasteiger partial charge is 0.316 e. The summed E-state index contributed by atoms with van der Waals surface area (Å²) >= 11 is 0. The quantitative estimate of drug-likeness (QED) is 0.770. The summed E-state index contributed by atoms with van der Waals surface area (Å²) in [6, 6.07) is 7.02. The monoisotopic (exact) mass is 284 g/mol. The van der Waals surface area contributed by atoms with Gasteiger partial charge in [0.1, 0.15) is 0 Å². The second kappa shape index (κ2) is 7.62. The van der Waals surface area contributed by atoms with Crippen molar-refractivity contribution in [1.29, 1.82) is 0 Å². The number of hydrogen-bond acceptors (Lipinski definition) is 3. The molecule has 19 heavy (non-hydrogen) atoms. The predicted octanol–water partition coefficient (Wildman–Crippen LogP) is 2.26. The van der Waals surface area contributed by atoms with Crippen LogP contribution in [-0.4, -0.2) is 21.5 Å². The Hall–Kier alpha value is -0.910. The van der Waals surface area contributed by atoms with Gasteiger partial charge >= 0.3 is 0 Å². The molecule has 0 aliphatic carbocycles. The number of nitrogens with one attached hydrogen (secondary N) is 2. The van der Waals surface area contributed by atoms with Crippen LogP contribution in [0.5, 0.6) is 0 Å². The van der Waals surface area contributed by atoms with Crippen LogP contribution < -0.4 is 10.0 Å². The molecular formula is C14H24N2O2S. The lowest BCUT2D eigenvalue weighted by molar-refractivity contribution is 0.512. The zero-order valence-electron chi connectivity index (χ0n) is 11.9. The molecule has 0 aliphatic rings. The molecule has 1 rings (SSSR count). The van der Waals surface area contributed by atoms with Gasteiger partial charge in [-0.1, -0.05) is 32.4 Å². The molecule has 1 atom stereocenters. The van der Waals surface area contributed by atoms with Crippen LogP contribution >= 0.6 is 0 Å². The molecule has 0 heterocycles. The molecule has 1 aromatic rings. The summed E-state index contributed by atoms with van der Waals surface area (Å²) in [5.41, 5.74) is 1.07. The summed E-state index contributed by atoms with van der Waals surface area (Å²) in [6.45, 7) is 4.80. The van der Waals surface area contributed by atoms with Gasteiger partial charge in [-0.15, -0.1) is 0 Å². The fraction of sp³-hybridized carbons (Fsp3) is 0.571. The Bertz CT molecular complexity index is 469. The van der Waals surface area contributed by atoms with Gasteiger partial charge in [-0.25, -0.2) is 13.1 Å². The second-order valence-corrected chi connectivity index (χ2v) is 6.40. The van der Waals surface area contributed by atoms with Crippen molar-refractivity contribution in [2.24, 2.45) is 0 Å². The molecular weight excluding hydrogens is 260 g/mol. The summed E-state index contributed by atoms with van der Waals surface area (Å²) < 4.78 is 27.2. The van der Waals surface area contributed by atoms with E-state index in [1.807, 2.05) is 26.1 Å². The Balaban J connectivity index is 2.81. The van der Waals surface area contributed by atoms with Crippen LogP contribution in [0.1, 0.15) is 38.7 Å². The lowest BCUT2D eigenvalue weighted by atomic mass is 10.1. The van der Waals surface area contributed by atoms with Gasteiger partial charge in [0, 0.05) is 12.6 Å². The molecule has 4 nitrogen and oxygen atoms in total. The third kappa shape index (κ3) is 4.93. The van der Waals surface area contributed by atoms with Crippen LogP contribution in [0.15, 0.2) is 29.2 Å². The Morgan fingerprint density at radius 3 is 2.26 bits per heavy atom. The van der Waals surface area contributed by atoms with Crippen LogP contribution in [0.4, 0.5) is 0 Å². The third-order valence-electron chi connectivity index (χ3n) is 3.07. The van der Waals surface area contributed by atoms with Gasteiger partial charge in [0.25, 0.3) is 0 Å². The molecule has 0 bridgehead atoms. The maximum absolute atomic E-state index is 12.2. The van der Waals surface area contributed by atoms with Gasteiger partial charge < -0.3 is 5.32 Å². The van der Waals surface area contributed by atoms with Crippen molar-refractivity contribution in [3.05, 3.63) is 29.8 Å². The molecule has 0 aromatic heterocycles. The number of rotatable bonds is 8. The zero-order chi connectivity index (χ0) is 14.3. The Kier molecular flexibility index (Phi) is 6.48. The number of sulfonamides is 1. The second-order valence-electron chi connectivity index (χ2n) is 4.69. The average Bonchev–Trinajstić information content (AvgIpc) is 2.39. The molecule has 0 amide bonds. The van der Waals surface area contributed by atoms with Crippen molar-refractivity contribution in [2.75, 3.05) is 7.05 Å². The van der Waals surface area contributed by atoms with E-state index in [0.29, 0.717) is 4.90 Å². The van der Waals surface area contributed by atoms with Crippen molar-refractivity contribution >= 4 is 10.0 Å². The van der Waals surface area contributed by atoms with Crippen LogP contribution in [-0.2, 0) is 16.6 Å². The lowest BCUT2D eigenvalue weighted by Crippen LogP contribution is -2.34. The molecule has 108 valence electrons. The highest BCUT2D eigenvalue weighted by Gasteiger charge is 2.18. The summed E-state index contributed by atoms with van der Waals surface area (Å²) in [6.07, 6.45) is 2.65. The van der Waals surface area contributed by atoms with E-state index < -0.39 is 10.0 Å². The molecule has 0 spiro atoms. The summed E-state index contributed by atoms with van der Waals surface area (Å²) in [4.78, 5) is 0.335. The van der Waals surface area contributed by atoms with E-state index in [9.17, 15) is 8.42 Å². The van der Waals surface area contributed by atoms with E-state index in [0.717, 1.165) is 31.4 Å². The minimum atomic E-state index is -3.40. The van der Waals surface area contributed by atoms with E-state index in [4.69, 9.17) is 0 Å². The summed E-state index contributed by atoms with van der Waals surface area (Å²) in [7, 11) is -1.53. The van der Waals surface area contributed by atoms with E-state index >= 15 is 0 Å². The minimum absolute atomic E-state index is 0.0204. The predicted molar refractivity (Wildman–Crippen MR) is 78.5 cm³/mol. The minimum Gasteiger partial charge on any atom is -0.316 e. The molecule has 0 fully saturated rings. The van der Waals surface area contributed by atoms with Crippen molar-refractivity contribution < 1.29 is 8.42 Å². The average molecular weight is 284 g/mol. The van der Waals surface area contributed by atoms with Crippen LogP contribution in [0.25, 0.3) is 0 Å². The van der Waals surface area contributed by atoms with Crippen molar-refractivity contribution in [3.63, 3.8) is 0 Å². The Labute approximate surface area is 116 Å². The third-order valence-corrected chi connectivity index (χ3v) is 4.60. The van der Waals surface area contributed by atoms with Crippen LogP contribution in [0.2, 0.25) is 0 Å². The van der Waals surface area contributed by atoms with Crippen molar-refractivity contribution in [3.8, 4) is 0 Å². The van der Waals surface area contributed by atoms with Crippen LogP contribution in [0.3, 0.4) is 0 Å². The first kappa shape index (κ1) is 16.1. The number of hydrogen-bond donors (Lipinski definition) is 2. The molecule has 0 saturated carbocycles. The Morgan fingerprint density at radius 2 is 1.79 bits per heavy atom. The number of benzene rings is 1. The highest BCUT2D eigenvalue weighted by molar-refractivity contribution is 7.89. The smallest absolute Gasteiger partial charge is 0.240 e. The SMILES string of the molecule is CCCC(CC)NS(=O)(=O)c1ccc(CNC)cc1. The van der Waals surface area contributed by atoms with Gasteiger partial charge in [-0.05, 0) is 37.6 Å². The molecule has 1 unspecified atom stereocenters. The highest BCUT2D eigenvalue weighted by atomic mass is 32.2. The van der Waals surface area contributed by atoms with E-state index in [1.54, 1.807) is 12.1 Å². The first-order chi connectivity index (χ1) is 9.03. The molecule has 1 aromatic carbocycles. The van der Waals surface area contributed by atoms with E-state index in [2.05, 4.69) is 17.0 Å². The molecule has 0 saturated heterocycles. The normalized spacial score (nSPS) is 13.4. The molecule has 5 heteroatoms. The molecule has 2 N–H and O–H groups in total. The lowest BCUT2D eigenvalue weighted by Gasteiger charge is -2.16.